The molecule has 4 aromatic carbocycles. The van der Waals surface area contributed by atoms with Crippen molar-refractivity contribution in [1.82, 2.24) is 0 Å². The van der Waals surface area contributed by atoms with Crippen molar-refractivity contribution < 1.29 is 9.59 Å². The van der Waals surface area contributed by atoms with Crippen molar-refractivity contribution in [3.8, 4) is 6.07 Å². The van der Waals surface area contributed by atoms with E-state index in [1.165, 1.54) is 51.4 Å². The highest BCUT2D eigenvalue weighted by Gasteiger charge is 2.20. The van der Waals surface area contributed by atoms with Gasteiger partial charge in [0.25, 0.3) is 0 Å². The number of aliphatic imine (C=N–C) groups is 1. The van der Waals surface area contributed by atoms with Gasteiger partial charge in [-0.05, 0) is 103 Å². The van der Waals surface area contributed by atoms with Crippen LogP contribution in [0.15, 0.2) is 77.8 Å². The molecule has 0 aliphatic heterocycles. The van der Waals surface area contributed by atoms with E-state index in [4.69, 9.17) is 11.0 Å². The molecule has 328 valence electrons. The fourth-order valence-corrected chi connectivity index (χ4v) is 7.57. The van der Waals surface area contributed by atoms with Crippen LogP contribution in [0.2, 0.25) is 0 Å². The Morgan fingerprint density at radius 2 is 0.717 bits per heavy atom. The lowest BCUT2D eigenvalue weighted by Crippen LogP contribution is -2.15. The van der Waals surface area contributed by atoms with Gasteiger partial charge in [0.1, 0.15) is 5.78 Å². The van der Waals surface area contributed by atoms with Crippen LogP contribution in [-0.2, 0) is 22.4 Å². The number of nitrogens with zero attached hydrogens (tertiary/aromatic N) is 2. The van der Waals surface area contributed by atoms with E-state index in [0.717, 1.165) is 22.5 Å². The molecule has 0 aliphatic carbocycles. The predicted octanol–water partition coefficient (Wildman–Crippen LogP) is 16.1. The van der Waals surface area contributed by atoms with Crippen LogP contribution in [0, 0.1) is 11.3 Å². The molecule has 0 spiro atoms. The maximum atomic E-state index is 13.3. The van der Waals surface area contributed by atoms with Crippen LogP contribution in [-0.4, -0.2) is 11.9 Å². The normalized spacial score (nSPS) is 10.7. The lowest BCUT2D eigenvalue weighted by Gasteiger charge is -2.21. The number of hydrogen-bond acceptors (Lipinski definition) is 5. The summed E-state index contributed by atoms with van der Waals surface area (Å²) in [4.78, 5) is 27.6. The van der Waals surface area contributed by atoms with E-state index >= 15 is 0 Å². The summed E-state index contributed by atoms with van der Waals surface area (Å²) in [5.74, 6) is 3.80. The number of carbonyl (C=O) groups is 1. The standard InChI is InChI=1S/C27H38O.C13H17NO.C12H19N.C2H3N.CH4/c1-17(2)22-11-9-12-23(18(3)4)26(22)15-21(28)16-27-24(19(5)6)13-10-14-25(27)20(7)8;1-9(2)11-6-5-7-12(10(3)4)13(11)14-8-15;1-8(2)10-6-5-7-11(9(3)4)12(10)13;1-2-3;/h9-14,17-20H,15-16H2,1-8H3;5-7,9-10H,1-4H3;5-9H,13H2,1-4H3;1H3;1H4. The Bertz CT molecular complexity index is 1830. The summed E-state index contributed by atoms with van der Waals surface area (Å²) in [7, 11) is 0. The Hall–Kier alpha value is -4.78. The highest BCUT2D eigenvalue weighted by Crippen LogP contribution is 2.35. The van der Waals surface area contributed by atoms with Crippen molar-refractivity contribution >= 4 is 23.2 Å². The minimum absolute atomic E-state index is 0. The maximum Gasteiger partial charge on any atom is 0.240 e. The first-order chi connectivity index (χ1) is 27.7. The minimum atomic E-state index is 0. The molecule has 0 radical (unpaired) electrons. The van der Waals surface area contributed by atoms with E-state index in [2.05, 4.69) is 170 Å². The number of Topliss-reactive ketones (excluding diaryl/α,β-unsaturated/α-hetero) is 1. The van der Waals surface area contributed by atoms with Gasteiger partial charge in [0.15, 0.2) is 0 Å². The Labute approximate surface area is 367 Å². The molecule has 0 bridgehead atoms. The highest BCUT2D eigenvalue weighted by atomic mass is 16.1. The summed E-state index contributed by atoms with van der Waals surface area (Å²) in [6.45, 7) is 36.3. The molecule has 5 heteroatoms. The number of isocyanates is 1. The number of nitrogen functional groups attached to an aromatic ring is 1. The zero-order valence-corrected chi connectivity index (χ0v) is 39.7. The smallest absolute Gasteiger partial charge is 0.240 e. The van der Waals surface area contributed by atoms with E-state index in [0.29, 0.717) is 66.0 Å². The van der Waals surface area contributed by atoms with E-state index in [9.17, 15) is 9.59 Å². The summed E-state index contributed by atoms with van der Waals surface area (Å²) in [6.07, 6.45) is 2.72. The topological polar surface area (TPSA) is 96.3 Å². The average molecular weight is 816 g/mol. The van der Waals surface area contributed by atoms with Gasteiger partial charge in [-0.25, -0.2) is 4.79 Å². The summed E-state index contributed by atoms with van der Waals surface area (Å²) < 4.78 is 0. The van der Waals surface area contributed by atoms with Gasteiger partial charge in [0.05, 0.1) is 11.8 Å². The molecule has 0 saturated carbocycles. The van der Waals surface area contributed by atoms with E-state index in [-0.39, 0.29) is 7.43 Å². The molecule has 0 unspecified atom stereocenters. The first kappa shape index (κ1) is 55.2. The molecule has 0 atom stereocenters. The van der Waals surface area contributed by atoms with E-state index < -0.39 is 0 Å². The Balaban J connectivity index is 0.000000915. The molecule has 2 N–H and O–H groups in total. The van der Waals surface area contributed by atoms with Gasteiger partial charge >= 0.3 is 0 Å². The Morgan fingerprint density at radius 1 is 0.500 bits per heavy atom. The summed E-state index contributed by atoms with van der Waals surface area (Å²) in [6, 6.07) is 27.2. The molecular formula is C55H81N3O2. The van der Waals surface area contributed by atoms with Crippen LogP contribution in [0.4, 0.5) is 11.4 Å². The maximum absolute atomic E-state index is 13.3. The number of ketones is 1. The fourth-order valence-electron chi connectivity index (χ4n) is 7.57. The third-order valence-corrected chi connectivity index (χ3v) is 10.7. The van der Waals surface area contributed by atoms with Gasteiger partial charge in [-0.3, -0.25) is 4.79 Å². The molecule has 0 saturated heterocycles. The molecule has 0 aromatic heterocycles. The van der Waals surface area contributed by atoms with E-state index in [1.807, 2.05) is 18.2 Å². The first-order valence-electron chi connectivity index (χ1n) is 21.8. The van der Waals surface area contributed by atoms with Crippen LogP contribution in [0.1, 0.15) is 228 Å². The highest BCUT2D eigenvalue weighted by molar-refractivity contribution is 5.84. The van der Waals surface area contributed by atoms with Crippen molar-refractivity contribution in [3.63, 3.8) is 0 Å². The number of benzene rings is 4. The largest absolute Gasteiger partial charge is 0.398 e. The second-order valence-corrected chi connectivity index (χ2v) is 18.0. The second-order valence-electron chi connectivity index (χ2n) is 18.0. The number of nitriles is 1. The predicted molar refractivity (Wildman–Crippen MR) is 261 cm³/mol. The van der Waals surface area contributed by atoms with Crippen molar-refractivity contribution in [1.29, 1.82) is 5.26 Å². The van der Waals surface area contributed by atoms with Gasteiger partial charge in [0.2, 0.25) is 6.08 Å². The molecule has 0 aliphatic rings. The summed E-state index contributed by atoms with van der Waals surface area (Å²) in [5.41, 5.74) is 20.4. The second kappa shape index (κ2) is 27.1. The van der Waals surface area contributed by atoms with Gasteiger partial charge in [0, 0.05) is 25.5 Å². The van der Waals surface area contributed by atoms with Crippen molar-refractivity contribution in [2.75, 3.05) is 5.73 Å². The van der Waals surface area contributed by atoms with Crippen LogP contribution >= 0.6 is 0 Å². The number of hydrogen-bond donors (Lipinski definition) is 1. The van der Waals surface area contributed by atoms with Crippen LogP contribution in [0.3, 0.4) is 0 Å². The Morgan fingerprint density at radius 3 is 0.933 bits per heavy atom. The van der Waals surface area contributed by atoms with Crippen LogP contribution in [0.25, 0.3) is 0 Å². The van der Waals surface area contributed by atoms with E-state index in [1.54, 1.807) is 12.1 Å². The monoisotopic (exact) mass is 816 g/mol. The first-order valence-corrected chi connectivity index (χ1v) is 21.8. The number of rotatable bonds is 13. The third-order valence-electron chi connectivity index (χ3n) is 10.7. The lowest BCUT2D eigenvalue weighted by atomic mass is 9.83. The van der Waals surface area contributed by atoms with Crippen molar-refractivity contribution in [2.45, 2.75) is 185 Å². The summed E-state index contributed by atoms with van der Waals surface area (Å²) in [5, 5.41) is 7.32. The molecular weight excluding hydrogens is 735 g/mol. The molecule has 60 heavy (non-hydrogen) atoms. The average Bonchev–Trinajstić information content (AvgIpc) is 3.15. The quantitative estimate of drug-likeness (QED) is 0.0826. The Kier molecular flexibility index (Phi) is 25.0. The zero-order chi connectivity index (χ0) is 45.1. The van der Waals surface area contributed by atoms with Crippen molar-refractivity contribution in [3.05, 3.63) is 128 Å². The minimum Gasteiger partial charge on any atom is -0.398 e. The number of nitrogens with two attached hydrogens (primary N) is 1. The molecule has 0 fully saturated rings. The summed E-state index contributed by atoms with van der Waals surface area (Å²) >= 11 is 0. The molecule has 0 amide bonds. The van der Waals surface area contributed by atoms with Gasteiger partial charge in [-0.2, -0.15) is 10.3 Å². The van der Waals surface area contributed by atoms with Crippen LogP contribution < -0.4 is 5.73 Å². The van der Waals surface area contributed by atoms with Crippen molar-refractivity contribution in [2.24, 2.45) is 4.99 Å². The molecule has 0 heterocycles. The molecule has 4 rings (SSSR count). The molecule has 4 aromatic rings. The number of para-hydroxylation sites is 2. The van der Waals surface area contributed by atoms with Gasteiger partial charge < -0.3 is 5.73 Å². The number of carbonyl (C=O) groups excluding carboxylic acids is 2. The van der Waals surface area contributed by atoms with Crippen LogP contribution in [0.5, 0.6) is 0 Å². The fraction of sp³-hybridized carbons (Fsp3) is 0.509. The third kappa shape index (κ3) is 16.3. The van der Waals surface area contributed by atoms with Gasteiger partial charge in [-0.15, -0.1) is 0 Å². The zero-order valence-electron chi connectivity index (χ0n) is 39.7. The SMILES string of the molecule is C.CC#N.CC(C)c1cccc(C(C)C)c1CC(=O)Cc1c(C(C)C)cccc1C(C)C.CC(C)c1cccc(C(C)C)c1N.CC(C)c1cccc(C(C)C)c1N=C=O. The lowest BCUT2D eigenvalue weighted by molar-refractivity contribution is -0.117. The van der Waals surface area contributed by atoms with Gasteiger partial charge in [-0.1, -0.05) is 191 Å². The number of anilines is 1. The molecule has 5 nitrogen and oxygen atoms in total.